The third-order valence-electron chi connectivity index (χ3n) is 3.04. The Morgan fingerprint density at radius 2 is 1.83 bits per heavy atom. The first-order valence-electron chi connectivity index (χ1n) is 5.74. The summed E-state index contributed by atoms with van der Waals surface area (Å²) in [5.74, 6) is -0.539. The summed E-state index contributed by atoms with van der Waals surface area (Å²) in [6, 6.07) is 2.61. The molecule has 1 aromatic carbocycles. The molecule has 0 aromatic heterocycles. The zero-order valence-corrected chi connectivity index (χ0v) is 13.2. The zero-order chi connectivity index (χ0) is 13.8. The lowest BCUT2D eigenvalue weighted by atomic mass is 9.81. The van der Waals surface area contributed by atoms with Gasteiger partial charge in [0.15, 0.2) is 0 Å². The molecule has 1 rings (SSSR count). The lowest BCUT2D eigenvalue weighted by Gasteiger charge is -2.29. The van der Waals surface area contributed by atoms with Crippen molar-refractivity contribution < 1.29 is 8.78 Å². The van der Waals surface area contributed by atoms with Gasteiger partial charge in [0.25, 0.3) is 0 Å². The van der Waals surface area contributed by atoms with Gasteiger partial charge in [0.1, 0.15) is 11.6 Å². The molecule has 0 atom stereocenters. The average Bonchev–Trinajstić information content (AvgIpc) is 2.38. The number of hydrogen-bond acceptors (Lipinski definition) is 0. The summed E-state index contributed by atoms with van der Waals surface area (Å²) in [5.41, 5.74) is -0.403. The zero-order valence-electron chi connectivity index (χ0n) is 10.1. The number of hydrogen-bond donors (Lipinski definition) is 0. The highest BCUT2D eigenvalue weighted by atomic mass is 79.9. The lowest BCUT2D eigenvalue weighted by Crippen LogP contribution is -2.29. The third-order valence-corrected chi connectivity index (χ3v) is 4.78. The van der Waals surface area contributed by atoms with Crippen molar-refractivity contribution in [2.45, 2.75) is 26.2 Å². The van der Waals surface area contributed by atoms with Crippen molar-refractivity contribution in [3.8, 4) is 0 Å². The first-order chi connectivity index (χ1) is 8.49. The molecule has 0 heterocycles. The van der Waals surface area contributed by atoms with Gasteiger partial charge in [0.2, 0.25) is 0 Å². The third kappa shape index (κ3) is 3.58. The summed E-state index contributed by atoms with van der Waals surface area (Å²) in [5, 5.41) is 0. The summed E-state index contributed by atoms with van der Waals surface area (Å²) in [7, 11) is 0. The van der Waals surface area contributed by atoms with Crippen LogP contribution in [0.4, 0.5) is 8.78 Å². The van der Waals surface area contributed by atoms with Crippen LogP contribution in [0.15, 0.2) is 16.6 Å². The van der Waals surface area contributed by atoms with Crippen LogP contribution in [0.2, 0.25) is 0 Å². The molecule has 0 saturated carbocycles. The second kappa shape index (κ2) is 7.06. The Morgan fingerprint density at radius 3 is 2.33 bits per heavy atom. The molecule has 0 bridgehead atoms. The monoisotopic (exact) mass is 358 g/mol. The van der Waals surface area contributed by atoms with Crippen molar-refractivity contribution in [2.75, 3.05) is 11.8 Å². The predicted octanol–water partition coefficient (Wildman–Crippen LogP) is 5.53. The number of halogens is 5. The van der Waals surface area contributed by atoms with E-state index in [0.717, 1.165) is 12.8 Å². The molecule has 0 aliphatic heterocycles. The molecule has 0 amide bonds. The van der Waals surface area contributed by atoms with Crippen LogP contribution in [0.1, 0.15) is 25.3 Å². The molecule has 0 N–H and O–H groups in total. The van der Waals surface area contributed by atoms with E-state index in [1.807, 2.05) is 6.92 Å². The molecule has 0 nitrogen and oxygen atoms in total. The van der Waals surface area contributed by atoms with E-state index in [0.29, 0.717) is 0 Å². The number of rotatable bonds is 6. The van der Waals surface area contributed by atoms with Gasteiger partial charge in [-0.05, 0) is 40.9 Å². The van der Waals surface area contributed by atoms with Gasteiger partial charge in [-0.25, -0.2) is 8.78 Å². The van der Waals surface area contributed by atoms with Gasteiger partial charge in [-0.15, -0.1) is 23.2 Å². The van der Waals surface area contributed by atoms with Crippen LogP contribution >= 0.6 is 39.1 Å². The smallest absolute Gasteiger partial charge is 0.143 e. The Hall–Kier alpha value is 0.140. The predicted molar refractivity (Wildman–Crippen MR) is 76.5 cm³/mol. The topological polar surface area (TPSA) is 0 Å². The summed E-state index contributed by atoms with van der Waals surface area (Å²) in [6.07, 6.45) is 1.83. The first-order valence-corrected chi connectivity index (χ1v) is 7.60. The molecule has 0 aliphatic carbocycles. The van der Waals surface area contributed by atoms with Gasteiger partial charge in [-0.3, -0.25) is 0 Å². The van der Waals surface area contributed by atoms with Crippen molar-refractivity contribution >= 4 is 39.1 Å². The van der Waals surface area contributed by atoms with Crippen LogP contribution in [-0.4, -0.2) is 11.8 Å². The maximum atomic E-state index is 13.9. The van der Waals surface area contributed by atoms with Crippen LogP contribution in [0.5, 0.6) is 0 Å². The minimum atomic E-state index is -0.564. The van der Waals surface area contributed by atoms with E-state index in [-0.39, 0.29) is 28.2 Å². The quantitative estimate of drug-likeness (QED) is 0.462. The number of benzene rings is 1. The van der Waals surface area contributed by atoms with Crippen LogP contribution in [0, 0.1) is 17.0 Å². The fourth-order valence-corrected chi connectivity index (χ4v) is 3.10. The Balaban J connectivity index is 3.11. The molecule has 102 valence electrons. The van der Waals surface area contributed by atoms with Gasteiger partial charge < -0.3 is 0 Å². The van der Waals surface area contributed by atoms with Crippen LogP contribution < -0.4 is 0 Å². The maximum Gasteiger partial charge on any atom is 0.143 e. The van der Waals surface area contributed by atoms with Crippen LogP contribution in [-0.2, 0) is 6.42 Å². The highest BCUT2D eigenvalue weighted by Crippen LogP contribution is 2.34. The molecule has 0 unspecified atom stereocenters. The van der Waals surface area contributed by atoms with Crippen LogP contribution in [0.3, 0.4) is 0 Å². The highest BCUT2D eigenvalue weighted by molar-refractivity contribution is 9.10. The lowest BCUT2D eigenvalue weighted by molar-refractivity contribution is 0.329. The molecule has 5 heteroatoms. The van der Waals surface area contributed by atoms with Crippen molar-refractivity contribution in [1.82, 2.24) is 0 Å². The van der Waals surface area contributed by atoms with Gasteiger partial charge >= 0.3 is 0 Å². The molecule has 0 aliphatic rings. The van der Waals surface area contributed by atoms with Gasteiger partial charge in [0.05, 0.1) is 4.47 Å². The maximum absolute atomic E-state index is 13.9. The van der Waals surface area contributed by atoms with Crippen molar-refractivity contribution in [2.24, 2.45) is 5.41 Å². The Morgan fingerprint density at radius 1 is 1.22 bits per heavy atom. The minimum absolute atomic E-state index is 0.0547. The second-order valence-corrected chi connectivity index (χ2v) is 5.90. The van der Waals surface area contributed by atoms with E-state index < -0.39 is 17.0 Å². The normalized spacial score (nSPS) is 11.9. The van der Waals surface area contributed by atoms with E-state index in [4.69, 9.17) is 23.2 Å². The molecular weight excluding hydrogens is 345 g/mol. The fraction of sp³-hybridized carbons (Fsp3) is 0.538. The van der Waals surface area contributed by atoms with E-state index in [1.54, 1.807) is 0 Å². The SMILES string of the molecule is CCCC(CCl)(CCl)Cc1c(F)ccc(Br)c1F. The molecule has 0 spiro atoms. The summed E-state index contributed by atoms with van der Waals surface area (Å²) >= 11 is 15.0. The highest BCUT2D eigenvalue weighted by Gasteiger charge is 2.30. The number of alkyl halides is 2. The van der Waals surface area contributed by atoms with E-state index >= 15 is 0 Å². The largest absolute Gasteiger partial charge is 0.207 e. The second-order valence-electron chi connectivity index (χ2n) is 4.52. The summed E-state index contributed by atoms with van der Waals surface area (Å²) in [6.45, 7) is 2.00. The van der Waals surface area contributed by atoms with Gasteiger partial charge in [0, 0.05) is 22.7 Å². The molecule has 0 saturated heterocycles. The van der Waals surface area contributed by atoms with Crippen molar-refractivity contribution in [1.29, 1.82) is 0 Å². The van der Waals surface area contributed by atoms with Crippen molar-refractivity contribution in [3.63, 3.8) is 0 Å². The van der Waals surface area contributed by atoms with Crippen LogP contribution in [0.25, 0.3) is 0 Å². The average molecular weight is 360 g/mol. The Bertz CT molecular complexity index is 406. The van der Waals surface area contributed by atoms with Crippen molar-refractivity contribution in [3.05, 3.63) is 33.8 Å². The summed E-state index contributed by atoms with van der Waals surface area (Å²) < 4.78 is 27.9. The van der Waals surface area contributed by atoms with Gasteiger partial charge in [-0.1, -0.05) is 13.3 Å². The molecular formula is C13H15BrCl2F2. The molecule has 0 radical (unpaired) electrons. The van der Waals surface area contributed by atoms with Gasteiger partial charge in [-0.2, -0.15) is 0 Å². The van der Waals surface area contributed by atoms with E-state index in [9.17, 15) is 8.78 Å². The first kappa shape index (κ1) is 16.2. The fourth-order valence-electron chi connectivity index (χ4n) is 1.99. The molecule has 18 heavy (non-hydrogen) atoms. The Kier molecular flexibility index (Phi) is 6.36. The van der Waals surface area contributed by atoms with E-state index in [2.05, 4.69) is 15.9 Å². The molecule has 0 fully saturated rings. The Labute approximate surface area is 125 Å². The summed E-state index contributed by atoms with van der Waals surface area (Å²) in [4.78, 5) is 0. The standard InChI is InChI=1S/C13H15BrCl2F2/c1-2-5-13(7-15,8-16)6-9-11(17)4-3-10(14)12(9)18/h3-4H,2,5-8H2,1H3. The molecule has 1 aromatic rings. The minimum Gasteiger partial charge on any atom is -0.207 e. The van der Waals surface area contributed by atoms with E-state index in [1.165, 1.54) is 12.1 Å².